The molecule has 2 bridgehead atoms. The maximum Gasteiger partial charge on any atom is 0.165 e. The fraction of sp³-hybridized carbons (Fsp3) is 0.714. The lowest BCUT2D eigenvalue weighted by Crippen LogP contribution is -2.72. The molecule has 0 radical (unpaired) electrons. The fourth-order valence-electron chi connectivity index (χ4n) is 6.91. The first kappa shape index (κ1) is 14.9. The van der Waals surface area contributed by atoms with Crippen molar-refractivity contribution in [2.24, 2.45) is 11.3 Å². The third kappa shape index (κ3) is 1.62. The van der Waals surface area contributed by atoms with Gasteiger partial charge in [-0.25, -0.2) is 0 Å². The molecule has 0 unspecified atom stereocenters. The van der Waals surface area contributed by atoms with Gasteiger partial charge >= 0.3 is 0 Å². The van der Waals surface area contributed by atoms with Gasteiger partial charge in [0.25, 0.3) is 0 Å². The number of likely N-dealkylation sites (tertiary alicyclic amines) is 1. The SMILES string of the molecule is C[C@@]12CC[C@@H](O)[C@@H]3Oc4c(O)ccc5c4[C@@]31CCN(CC1CC1)[C@@H]2C5. The predicted octanol–water partition coefficient (Wildman–Crippen LogP) is 2.59. The van der Waals surface area contributed by atoms with E-state index in [4.69, 9.17) is 4.74 Å². The van der Waals surface area contributed by atoms with E-state index >= 15 is 0 Å². The highest BCUT2D eigenvalue weighted by Gasteiger charge is 2.71. The quantitative estimate of drug-likeness (QED) is 0.868. The molecule has 2 heterocycles. The van der Waals surface area contributed by atoms with Gasteiger partial charge in [-0.2, -0.15) is 0 Å². The number of ether oxygens (including phenoxy) is 1. The van der Waals surface area contributed by atoms with Gasteiger partial charge in [-0.1, -0.05) is 13.0 Å². The number of rotatable bonds is 2. The number of benzene rings is 1. The van der Waals surface area contributed by atoms with Crippen LogP contribution in [0.25, 0.3) is 0 Å². The Labute approximate surface area is 148 Å². The minimum atomic E-state index is -0.429. The van der Waals surface area contributed by atoms with Gasteiger partial charge in [0.15, 0.2) is 11.5 Å². The molecule has 134 valence electrons. The number of piperidine rings is 1. The molecule has 4 heteroatoms. The van der Waals surface area contributed by atoms with Crippen LogP contribution in [-0.2, 0) is 11.8 Å². The van der Waals surface area contributed by atoms with Crippen LogP contribution < -0.4 is 4.74 Å². The molecule has 5 atom stereocenters. The van der Waals surface area contributed by atoms with Crippen LogP contribution in [0.3, 0.4) is 0 Å². The van der Waals surface area contributed by atoms with Gasteiger partial charge in [-0.15, -0.1) is 0 Å². The van der Waals surface area contributed by atoms with Gasteiger partial charge in [-0.05, 0) is 68.0 Å². The fourth-order valence-corrected chi connectivity index (χ4v) is 6.91. The highest BCUT2D eigenvalue weighted by atomic mass is 16.5. The summed E-state index contributed by atoms with van der Waals surface area (Å²) in [6, 6.07) is 4.43. The van der Waals surface area contributed by atoms with Crippen LogP contribution in [0.5, 0.6) is 11.5 Å². The summed E-state index contributed by atoms with van der Waals surface area (Å²) in [4.78, 5) is 2.76. The van der Waals surface area contributed by atoms with E-state index in [9.17, 15) is 10.2 Å². The summed E-state index contributed by atoms with van der Waals surface area (Å²) < 4.78 is 6.30. The Morgan fingerprint density at radius 2 is 2.08 bits per heavy atom. The van der Waals surface area contributed by atoms with Crippen molar-refractivity contribution in [3.05, 3.63) is 23.3 Å². The Morgan fingerprint density at radius 3 is 2.88 bits per heavy atom. The third-order valence-corrected chi connectivity index (χ3v) is 8.30. The van der Waals surface area contributed by atoms with Crippen LogP contribution in [0.15, 0.2) is 12.1 Å². The molecule has 25 heavy (non-hydrogen) atoms. The van der Waals surface area contributed by atoms with Gasteiger partial charge in [0.1, 0.15) is 6.10 Å². The van der Waals surface area contributed by atoms with E-state index in [2.05, 4.69) is 17.9 Å². The van der Waals surface area contributed by atoms with E-state index < -0.39 is 6.10 Å². The average Bonchev–Trinajstić information content (AvgIpc) is 3.32. The molecule has 0 amide bonds. The summed E-state index contributed by atoms with van der Waals surface area (Å²) in [5.41, 5.74) is 2.57. The third-order valence-electron chi connectivity index (χ3n) is 8.30. The molecular formula is C21H27NO3. The molecule has 1 spiro atoms. The number of hydrogen-bond donors (Lipinski definition) is 2. The first-order valence-electron chi connectivity index (χ1n) is 9.99. The first-order chi connectivity index (χ1) is 12.0. The van der Waals surface area contributed by atoms with Gasteiger partial charge in [0.05, 0.1) is 6.10 Å². The Morgan fingerprint density at radius 1 is 1.24 bits per heavy atom. The van der Waals surface area contributed by atoms with Crippen LogP contribution in [0.2, 0.25) is 0 Å². The van der Waals surface area contributed by atoms with Crippen LogP contribution in [0.1, 0.15) is 50.2 Å². The molecule has 4 nitrogen and oxygen atoms in total. The van der Waals surface area contributed by atoms with Gasteiger partial charge in [-0.3, -0.25) is 4.90 Å². The molecule has 5 aliphatic rings. The maximum absolute atomic E-state index is 10.8. The molecule has 2 N–H and O–H groups in total. The van der Waals surface area contributed by atoms with Crippen molar-refractivity contribution in [1.82, 2.24) is 4.90 Å². The normalized spacial score (nSPS) is 44.3. The van der Waals surface area contributed by atoms with Crippen molar-refractivity contribution >= 4 is 0 Å². The minimum absolute atomic E-state index is 0.121. The number of phenols is 1. The summed E-state index contributed by atoms with van der Waals surface area (Å²) in [6.07, 6.45) is 6.11. The Bertz CT molecular complexity index is 760. The summed E-state index contributed by atoms with van der Waals surface area (Å²) in [7, 11) is 0. The summed E-state index contributed by atoms with van der Waals surface area (Å²) >= 11 is 0. The van der Waals surface area contributed by atoms with Crippen molar-refractivity contribution in [2.75, 3.05) is 13.1 Å². The molecule has 0 aromatic heterocycles. The standard InChI is InChI=1S/C21H27NO3/c1-20-7-6-15(24)19-21(20)8-9-22(11-12-2-3-12)16(20)10-13-4-5-14(23)18(25-19)17(13)21/h4-5,12,15-16,19,23-24H,2-3,6-11H2,1H3/t15-,16-,19+,20+,21+/m1/s1. The minimum Gasteiger partial charge on any atom is -0.504 e. The van der Waals surface area contributed by atoms with Crippen LogP contribution >= 0.6 is 0 Å². The topological polar surface area (TPSA) is 52.9 Å². The zero-order valence-corrected chi connectivity index (χ0v) is 14.9. The van der Waals surface area contributed by atoms with Crippen molar-refractivity contribution in [1.29, 1.82) is 0 Å². The lowest BCUT2D eigenvalue weighted by Gasteiger charge is -2.65. The smallest absolute Gasteiger partial charge is 0.165 e. The number of phenolic OH excluding ortho intramolecular Hbond substituents is 1. The second kappa shape index (κ2) is 4.52. The Kier molecular flexibility index (Phi) is 2.69. The zero-order valence-electron chi connectivity index (χ0n) is 14.9. The van der Waals surface area contributed by atoms with Crippen LogP contribution in [0.4, 0.5) is 0 Å². The first-order valence-corrected chi connectivity index (χ1v) is 9.99. The molecule has 6 rings (SSSR count). The second-order valence-corrected chi connectivity index (χ2v) is 9.39. The summed E-state index contributed by atoms with van der Waals surface area (Å²) in [5, 5.41) is 21.2. The molecule has 2 aliphatic heterocycles. The van der Waals surface area contributed by atoms with E-state index in [-0.39, 0.29) is 22.7 Å². The number of hydrogen-bond acceptors (Lipinski definition) is 4. The van der Waals surface area contributed by atoms with Crippen molar-refractivity contribution < 1.29 is 14.9 Å². The monoisotopic (exact) mass is 341 g/mol. The highest BCUT2D eigenvalue weighted by Crippen LogP contribution is 2.69. The molecule has 1 aromatic carbocycles. The van der Waals surface area contributed by atoms with Gasteiger partial charge in [0, 0.05) is 23.6 Å². The van der Waals surface area contributed by atoms with E-state index in [1.165, 1.54) is 30.5 Å². The van der Waals surface area contributed by atoms with Gasteiger partial charge in [0.2, 0.25) is 0 Å². The van der Waals surface area contributed by atoms with Crippen molar-refractivity contribution in [3.63, 3.8) is 0 Å². The number of aliphatic hydroxyl groups excluding tert-OH is 1. The average molecular weight is 341 g/mol. The van der Waals surface area contributed by atoms with E-state index in [0.717, 1.165) is 38.1 Å². The predicted molar refractivity (Wildman–Crippen MR) is 94.0 cm³/mol. The summed E-state index contributed by atoms with van der Waals surface area (Å²) in [5.74, 6) is 1.82. The number of aromatic hydroxyl groups is 1. The highest BCUT2D eigenvalue weighted by molar-refractivity contribution is 5.61. The molecule has 3 aliphatic carbocycles. The van der Waals surface area contributed by atoms with Crippen LogP contribution in [-0.4, -0.2) is 46.5 Å². The molecular weight excluding hydrogens is 314 g/mol. The largest absolute Gasteiger partial charge is 0.504 e. The van der Waals surface area contributed by atoms with Crippen molar-refractivity contribution in [3.8, 4) is 11.5 Å². The maximum atomic E-state index is 10.8. The van der Waals surface area contributed by atoms with Crippen LogP contribution in [0, 0.1) is 11.3 Å². The second-order valence-electron chi connectivity index (χ2n) is 9.39. The molecule has 1 saturated heterocycles. The van der Waals surface area contributed by atoms with Gasteiger partial charge < -0.3 is 14.9 Å². The lowest BCUT2D eigenvalue weighted by atomic mass is 9.44. The zero-order chi connectivity index (χ0) is 17.0. The molecule has 3 fully saturated rings. The lowest BCUT2D eigenvalue weighted by molar-refractivity contribution is -0.153. The van der Waals surface area contributed by atoms with Crippen molar-refractivity contribution in [2.45, 2.75) is 69.1 Å². The van der Waals surface area contributed by atoms with E-state index in [1.54, 1.807) is 6.07 Å². The molecule has 2 saturated carbocycles. The Hall–Kier alpha value is -1.26. The number of aliphatic hydroxyl groups is 1. The number of nitrogens with zero attached hydrogens (tertiary/aromatic N) is 1. The molecule has 1 aromatic rings. The summed E-state index contributed by atoms with van der Waals surface area (Å²) in [6.45, 7) is 4.78. The Balaban J connectivity index is 1.57. The van der Waals surface area contributed by atoms with E-state index in [0.29, 0.717) is 11.8 Å². The van der Waals surface area contributed by atoms with E-state index in [1.807, 2.05) is 0 Å².